The lowest BCUT2D eigenvalue weighted by molar-refractivity contribution is -0.00538. The fourth-order valence-electron chi connectivity index (χ4n) is 3.45. The van der Waals surface area contributed by atoms with Gasteiger partial charge in [0.1, 0.15) is 0 Å². The summed E-state index contributed by atoms with van der Waals surface area (Å²) in [5.74, 6) is 0.491. The molecule has 0 saturated carbocycles. The molecule has 1 aliphatic heterocycles. The van der Waals surface area contributed by atoms with E-state index in [-0.39, 0.29) is 5.41 Å². The summed E-state index contributed by atoms with van der Waals surface area (Å²) in [4.78, 5) is 0. The molecule has 3 rings (SSSR count). The Kier molecular flexibility index (Phi) is 6.06. The van der Waals surface area contributed by atoms with E-state index in [1.165, 1.54) is 0 Å². The molecule has 0 radical (unpaired) electrons. The number of fused-ring (bicyclic) bond motifs is 1. The predicted octanol–water partition coefficient (Wildman–Crippen LogP) is 4.30. The zero-order chi connectivity index (χ0) is 17.0. The van der Waals surface area contributed by atoms with Crippen molar-refractivity contribution in [2.45, 2.75) is 46.6 Å². The lowest BCUT2D eigenvalue weighted by Gasteiger charge is -2.41. The van der Waals surface area contributed by atoms with Crippen LogP contribution < -0.4 is 5.32 Å². The average molecular weight is 338 g/mol. The summed E-state index contributed by atoms with van der Waals surface area (Å²) in [6, 6.07) is 3.73. The fraction of sp³-hybridized carbons (Fsp3) is 0.611. The highest BCUT2D eigenvalue weighted by Crippen LogP contribution is 2.45. The van der Waals surface area contributed by atoms with Gasteiger partial charge in [0, 0.05) is 16.0 Å². The summed E-state index contributed by atoms with van der Waals surface area (Å²) in [7, 11) is 0. The van der Waals surface area contributed by atoms with Crippen LogP contribution in [0, 0.1) is 11.3 Å². The quantitative estimate of drug-likeness (QED) is 0.782. The summed E-state index contributed by atoms with van der Waals surface area (Å²) in [6.45, 7) is 10.3. The third-order valence-corrected chi connectivity index (χ3v) is 5.15. The first kappa shape index (κ1) is 18.2. The Balaban J connectivity index is 0.000000924. The van der Waals surface area contributed by atoms with Gasteiger partial charge >= 0.3 is 0 Å². The molecule has 0 bridgehead atoms. The monoisotopic (exact) mass is 337 g/mol. The van der Waals surface area contributed by atoms with E-state index < -0.39 is 6.10 Å². The molecule has 0 aliphatic carbocycles. The molecule has 1 aliphatic rings. The van der Waals surface area contributed by atoms with E-state index in [1.807, 2.05) is 26.0 Å². The van der Waals surface area contributed by atoms with Crippen LogP contribution in [0.25, 0.3) is 10.9 Å². The third-order valence-electron chi connectivity index (χ3n) is 4.93. The number of hydrogen-bond donors (Lipinski definition) is 3. The number of aliphatic hydroxyl groups is 1. The van der Waals surface area contributed by atoms with Crippen LogP contribution >= 0.6 is 11.6 Å². The first-order valence-electron chi connectivity index (χ1n) is 8.51. The Hall–Kier alpha value is -1.10. The van der Waals surface area contributed by atoms with E-state index in [4.69, 9.17) is 11.6 Å². The van der Waals surface area contributed by atoms with Crippen LogP contribution in [-0.2, 0) is 0 Å². The minimum atomic E-state index is -0.567. The summed E-state index contributed by atoms with van der Waals surface area (Å²) in [5, 5.41) is 23.0. The van der Waals surface area contributed by atoms with E-state index >= 15 is 0 Å². The zero-order valence-electron chi connectivity index (χ0n) is 14.5. The SMILES string of the molecule is CC.CC(C)(C1CCNCC1)C(O)c1cc(Cl)cc2cn[nH]c12. The van der Waals surface area contributed by atoms with E-state index in [0.29, 0.717) is 10.9 Å². The van der Waals surface area contributed by atoms with Gasteiger partial charge in [0.05, 0.1) is 17.8 Å². The molecular weight excluding hydrogens is 310 g/mol. The standard InChI is InChI=1S/C16H22ClN3O.C2H6/c1-16(2,11-3-5-18-6-4-11)15(21)13-8-12(17)7-10-9-19-20-14(10)13;1-2/h7-9,11,15,18,21H,3-6H2,1-2H3,(H,19,20);1-2H3. The van der Waals surface area contributed by atoms with E-state index in [9.17, 15) is 5.11 Å². The number of piperidine rings is 1. The molecule has 1 fully saturated rings. The van der Waals surface area contributed by atoms with Gasteiger partial charge in [-0.3, -0.25) is 5.10 Å². The van der Waals surface area contributed by atoms with Gasteiger partial charge in [0.25, 0.3) is 0 Å². The highest BCUT2D eigenvalue weighted by Gasteiger charge is 2.38. The summed E-state index contributed by atoms with van der Waals surface area (Å²) >= 11 is 6.20. The molecule has 1 atom stereocenters. The number of aromatic nitrogens is 2. The minimum absolute atomic E-state index is 0.204. The molecular formula is C18H28ClN3O. The summed E-state index contributed by atoms with van der Waals surface area (Å²) < 4.78 is 0. The predicted molar refractivity (Wildman–Crippen MR) is 96.8 cm³/mol. The maximum absolute atomic E-state index is 11.0. The molecule has 1 saturated heterocycles. The van der Waals surface area contributed by atoms with E-state index in [0.717, 1.165) is 42.4 Å². The van der Waals surface area contributed by atoms with Crippen molar-refractivity contribution in [3.05, 3.63) is 28.9 Å². The fourth-order valence-corrected chi connectivity index (χ4v) is 3.69. The van der Waals surface area contributed by atoms with Gasteiger partial charge in [-0.05, 0) is 49.4 Å². The maximum Gasteiger partial charge on any atom is 0.0864 e. The average Bonchev–Trinajstić information content (AvgIpc) is 3.04. The number of nitrogens with zero attached hydrogens (tertiary/aromatic N) is 1. The Labute approximate surface area is 143 Å². The Bertz CT molecular complexity index is 632. The van der Waals surface area contributed by atoms with Crippen LogP contribution in [0.2, 0.25) is 5.02 Å². The normalized spacial score (nSPS) is 17.7. The van der Waals surface area contributed by atoms with Crippen molar-refractivity contribution >= 4 is 22.5 Å². The van der Waals surface area contributed by atoms with Crippen LogP contribution in [-0.4, -0.2) is 28.4 Å². The molecule has 1 aromatic carbocycles. The smallest absolute Gasteiger partial charge is 0.0864 e. The molecule has 2 heterocycles. The van der Waals surface area contributed by atoms with Gasteiger partial charge in [0.15, 0.2) is 0 Å². The van der Waals surface area contributed by atoms with Crippen molar-refractivity contribution in [2.75, 3.05) is 13.1 Å². The van der Waals surface area contributed by atoms with Crippen molar-refractivity contribution in [3.63, 3.8) is 0 Å². The summed E-state index contributed by atoms with van der Waals surface area (Å²) in [5.41, 5.74) is 1.53. The first-order valence-corrected chi connectivity index (χ1v) is 8.89. The van der Waals surface area contributed by atoms with Crippen LogP contribution in [0.15, 0.2) is 18.3 Å². The number of aliphatic hydroxyl groups excluding tert-OH is 1. The lowest BCUT2D eigenvalue weighted by atomic mass is 9.68. The topological polar surface area (TPSA) is 60.9 Å². The highest BCUT2D eigenvalue weighted by atomic mass is 35.5. The molecule has 128 valence electrons. The molecule has 0 spiro atoms. The van der Waals surface area contributed by atoms with Crippen molar-refractivity contribution in [2.24, 2.45) is 11.3 Å². The van der Waals surface area contributed by atoms with Crippen LogP contribution in [0.5, 0.6) is 0 Å². The number of rotatable bonds is 3. The molecule has 2 aromatic rings. The molecule has 4 nitrogen and oxygen atoms in total. The third kappa shape index (κ3) is 3.70. The van der Waals surface area contributed by atoms with Gasteiger partial charge < -0.3 is 10.4 Å². The van der Waals surface area contributed by atoms with Gasteiger partial charge in [-0.2, -0.15) is 5.10 Å². The first-order chi connectivity index (χ1) is 11.0. The highest BCUT2D eigenvalue weighted by molar-refractivity contribution is 6.31. The number of halogens is 1. The van der Waals surface area contributed by atoms with Crippen LogP contribution in [0.4, 0.5) is 0 Å². The number of aromatic amines is 1. The molecule has 0 amide bonds. The number of benzene rings is 1. The summed E-state index contributed by atoms with van der Waals surface area (Å²) in [6.07, 6.45) is 3.37. The van der Waals surface area contributed by atoms with Gasteiger partial charge in [0.2, 0.25) is 0 Å². The van der Waals surface area contributed by atoms with Crippen molar-refractivity contribution in [1.82, 2.24) is 15.5 Å². The molecule has 23 heavy (non-hydrogen) atoms. The van der Waals surface area contributed by atoms with E-state index in [2.05, 4.69) is 29.4 Å². The van der Waals surface area contributed by atoms with Crippen molar-refractivity contribution < 1.29 is 5.11 Å². The lowest BCUT2D eigenvalue weighted by Crippen LogP contribution is -2.39. The number of H-pyrrole nitrogens is 1. The van der Waals surface area contributed by atoms with Crippen molar-refractivity contribution in [1.29, 1.82) is 0 Å². The van der Waals surface area contributed by atoms with Crippen molar-refractivity contribution in [3.8, 4) is 0 Å². The Morgan fingerprint density at radius 1 is 1.26 bits per heavy atom. The second kappa shape index (κ2) is 7.65. The Morgan fingerprint density at radius 3 is 2.57 bits per heavy atom. The number of nitrogens with one attached hydrogen (secondary N) is 2. The van der Waals surface area contributed by atoms with E-state index in [1.54, 1.807) is 6.20 Å². The molecule has 3 N–H and O–H groups in total. The molecule has 5 heteroatoms. The Morgan fingerprint density at radius 2 is 1.91 bits per heavy atom. The van der Waals surface area contributed by atoms with Crippen LogP contribution in [0.3, 0.4) is 0 Å². The second-order valence-electron chi connectivity index (χ2n) is 6.58. The largest absolute Gasteiger partial charge is 0.388 e. The molecule has 1 unspecified atom stereocenters. The maximum atomic E-state index is 11.0. The zero-order valence-corrected chi connectivity index (χ0v) is 15.2. The molecule has 1 aromatic heterocycles. The van der Waals surface area contributed by atoms with Gasteiger partial charge in [-0.1, -0.05) is 39.3 Å². The number of hydrogen-bond acceptors (Lipinski definition) is 3. The second-order valence-corrected chi connectivity index (χ2v) is 7.01. The minimum Gasteiger partial charge on any atom is -0.388 e. The van der Waals surface area contributed by atoms with Gasteiger partial charge in [-0.25, -0.2) is 0 Å². The van der Waals surface area contributed by atoms with Crippen LogP contribution in [0.1, 0.15) is 52.2 Å². The van der Waals surface area contributed by atoms with Gasteiger partial charge in [-0.15, -0.1) is 0 Å².